The number of nitrogens with zero attached hydrogens (tertiary/aromatic N) is 1. The Morgan fingerprint density at radius 2 is 2.32 bits per heavy atom. The average Bonchev–Trinajstić information content (AvgIpc) is 2.84. The summed E-state index contributed by atoms with van der Waals surface area (Å²) in [6.45, 7) is 10.7. The molecule has 0 bridgehead atoms. The molecule has 0 radical (unpaired) electrons. The third-order valence-electron chi connectivity index (χ3n) is 3.44. The van der Waals surface area contributed by atoms with Gasteiger partial charge in [-0.3, -0.25) is 4.90 Å². The van der Waals surface area contributed by atoms with Gasteiger partial charge >= 0.3 is 0 Å². The molecule has 0 spiro atoms. The molecule has 19 heavy (non-hydrogen) atoms. The summed E-state index contributed by atoms with van der Waals surface area (Å²) in [5, 5.41) is 5.73. The van der Waals surface area contributed by atoms with Gasteiger partial charge in [0, 0.05) is 37.7 Å². The number of thiophene rings is 1. The minimum Gasteiger partial charge on any atom is -0.379 e. The highest BCUT2D eigenvalue weighted by Gasteiger charge is 2.16. The Morgan fingerprint density at radius 3 is 3.16 bits per heavy atom. The van der Waals surface area contributed by atoms with Gasteiger partial charge < -0.3 is 10.1 Å². The lowest BCUT2D eigenvalue weighted by Gasteiger charge is -2.26. The van der Waals surface area contributed by atoms with E-state index in [4.69, 9.17) is 4.74 Å². The molecule has 0 aliphatic carbocycles. The molecule has 1 aliphatic heterocycles. The second-order valence-corrected chi connectivity index (χ2v) is 6.42. The van der Waals surface area contributed by atoms with Crippen LogP contribution in [0.3, 0.4) is 0 Å². The molecule has 0 aromatic carbocycles. The van der Waals surface area contributed by atoms with Gasteiger partial charge in [-0.05, 0) is 50.2 Å². The lowest BCUT2D eigenvalue weighted by Crippen LogP contribution is -2.36. The minimum atomic E-state index is 0.355. The van der Waals surface area contributed by atoms with Gasteiger partial charge in [0.25, 0.3) is 0 Å². The first-order valence-corrected chi connectivity index (χ1v) is 8.23. The summed E-state index contributed by atoms with van der Waals surface area (Å²) in [6.07, 6.45) is 2.69. The van der Waals surface area contributed by atoms with Crippen LogP contribution < -0.4 is 5.32 Å². The van der Waals surface area contributed by atoms with Gasteiger partial charge in [-0.15, -0.1) is 11.3 Å². The first-order valence-electron chi connectivity index (χ1n) is 7.35. The Morgan fingerprint density at radius 1 is 1.42 bits per heavy atom. The molecule has 108 valence electrons. The quantitative estimate of drug-likeness (QED) is 0.742. The Labute approximate surface area is 121 Å². The van der Waals surface area contributed by atoms with E-state index in [1.54, 1.807) is 10.4 Å². The van der Waals surface area contributed by atoms with Crippen molar-refractivity contribution in [2.75, 3.05) is 32.8 Å². The van der Waals surface area contributed by atoms with E-state index in [1.165, 1.54) is 13.0 Å². The van der Waals surface area contributed by atoms with Crippen LogP contribution in [0, 0.1) is 0 Å². The summed E-state index contributed by atoms with van der Waals surface area (Å²) in [7, 11) is 0. The molecule has 2 rings (SSSR count). The summed E-state index contributed by atoms with van der Waals surface area (Å²) < 4.78 is 5.52. The Balaban J connectivity index is 1.50. The fraction of sp³-hybridized carbons (Fsp3) is 0.733. The molecule has 0 saturated carbocycles. The molecule has 0 saturated heterocycles. The van der Waals surface area contributed by atoms with Crippen LogP contribution in [-0.4, -0.2) is 43.8 Å². The Kier molecular flexibility index (Phi) is 6.31. The molecular weight excluding hydrogens is 256 g/mol. The predicted octanol–water partition coefficient (Wildman–Crippen LogP) is 2.51. The number of nitrogens with one attached hydrogen (secondary N) is 1. The highest BCUT2D eigenvalue weighted by molar-refractivity contribution is 7.10. The molecule has 1 aromatic heterocycles. The number of ether oxygens (including phenoxy) is 1. The first-order chi connectivity index (χ1) is 9.25. The maximum atomic E-state index is 5.52. The van der Waals surface area contributed by atoms with Crippen molar-refractivity contribution in [1.29, 1.82) is 0 Å². The van der Waals surface area contributed by atoms with Gasteiger partial charge in [0.05, 0.1) is 6.10 Å². The minimum absolute atomic E-state index is 0.355. The third-order valence-corrected chi connectivity index (χ3v) is 4.46. The van der Waals surface area contributed by atoms with Crippen molar-refractivity contribution in [3.05, 3.63) is 21.9 Å². The SMILES string of the molecule is CC(C)OCCCNCCN1CCc2sccc2C1. The molecule has 1 aliphatic rings. The van der Waals surface area contributed by atoms with Crippen molar-refractivity contribution in [3.8, 4) is 0 Å². The zero-order chi connectivity index (χ0) is 13.5. The highest BCUT2D eigenvalue weighted by atomic mass is 32.1. The van der Waals surface area contributed by atoms with Crippen molar-refractivity contribution in [2.45, 2.75) is 39.3 Å². The number of hydrogen-bond acceptors (Lipinski definition) is 4. The topological polar surface area (TPSA) is 24.5 Å². The molecular formula is C15H26N2OS. The van der Waals surface area contributed by atoms with Crippen LogP contribution in [0.2, 0.25) is 0 Å². The molecule has 4 heteroatoms. The zero-order valence-corrected chi connectivity index (χ0v) is 13.0. The Hall–Kier alpha value is -0.420. The van der Waals surface area contributed by atoms with Gasteiger partial charge in [0.15, 0.2) is 0 Å². The maximum Gasteiger partial charge on any atom is 0.0518 e. The predicted molar refractivity (Wildman–Crippen MR) is 81.9 cm³/mol. The average molecular weight is 282 g/mol. The normalized spacial score (nSPS) is 15.9. The van der Waals surface area contributed by atoms with E-state index in [9.17, 15) is 0 Å². The number of rotatable bonds is 8. The molecule has 0 fully saturated rings. The third kappa shape index (κ3) is 5.22. The summed E-state index contributed by atoms with van der Waals surface area (Å²) in [6, 6.07) is 2.28. The molecule has 0 atom stereocenters. The second kappa shape index (κ2) is 8.00. The van der Waals surface area contributed by atoms with Crippen molar-refractivity contribution in [1.82, 2.24) is 10.2 Å². The monoisotopic (exact) mass is 282 g/mol. The molecule has 1 aromatic rings. The van der Waals surface area contributed by atoms with E-state index >= 15 is 0 Å². The van der Waals surface area contributed by atoms with Gasteiger partial charge in [-0.1, -0.05) is 0 Å². The molecule has 0 amide bonds. The maximum absolute atomic E-state index is 5.52. The summed E-state index contributed by atoms with van der Waals surface area (Å²) >= 11 is 1.91. The van der Waals surface area contributed by atoms with Crippen LogP contribution in [0.25, 0.3) is 0 Å². The Bertz CT molecular complexity index is 365. The largest absolute Gasteiger partial charge is 0.379 e. The standard InChI is InChI=1S/C15H26N2OS/c1-13(2)18-10-3-6-16-7-9-17-8-4-15-14(12-17)5-11-19-15/h5,11,13,16H,3-4,6-10,12H2,1-2H3. The summed E-state index contributed by atoms with van der Waals surface area (Å²) in [5.41, 5.74) is 1.54. The van der Waals surface area contributed by atoms with E-state index in [1.807, 2.05) is 11.3 Å². The van der Waals surface area contributed by atoms with Gasteiger partial charge in [-0.25, -0.2) is 0 Å². The lowest BCUT2D eigenvalue weighted by atomic mass is 10.1. The van der Waals surface area contributed by atoms with Crippen molar-refractivity contribution >= 4 is 11.3 Å². The van der Waals surface area contributed by atoms with Gasteiger partial charge in [-0.2, -0.15) is 0 Å². The van der Waals surface area contributed by atoms with Crippen LogP contribution in [0.15, 0.2) is 11.4 Å². The fourth-order valence-corrected chi connectivity index (χ4v) is 3.27. The van der Waals surface area contributed by atoms with E-state index in [2.05, 4.69) is 35.5 Å². The summed E-state index contributed by atoms with van der Waals surface area (Å²) in [5.74, 6) is 0. The zero-order valence-electron chi connectivity index (χ0n) is 12.2. The van der Waals surface area contributed by atoms with Gasteiger partial charge in [0.1, 0.15) is 0 Å². The number of hydrogen-bond donors (Lipinski definition) is 1. The lowest BCUT2D eigenvalue weighted by molar-refractivity contribution is 0.0770. The number of fused-ring (bicyclic) bond motifs is 1. The second-order valence-electron chi connectivity index (χ2n) is 5.42. The van der Waals surface area contributed by atoms with Crippen molar-refractivity contribution in [3.63, 3.8) is 0 Å². The smallest absolute Gasteiger partial charge is 0.0518 e. The van der Waals surface area contributed by atoms with Gasteiger partial charge in [0.2, 0.25) is 0 Å². The molecule has 0 unspecified atom stereocenters. The first kappa shape index (κ1) is 15.0. The molecule has 1 N–H and O–H groups in total. The van der Waals surface area contributed by atoms with Crippen LogP contribution in [0.1, 0.15) is 30.7 Å². The molecule has 3 nitrogen and oxygen atoms in total. The van der Waals surface area contributed by atoms with Crippen LogP contribution in [-0.2, 0) is 17.7 Å². The van der Waals surface area contributed by atoms with Crippen molar-refractivity contribution in [2.24, 2.45) is 0 Å². The van der Waals surface area contributed by atoms with E-state index in [0.29, 0.717) is 6.10 Å². The van der Waals surface area contributed by atoms with Crippen molar-refractivity contribution < 1.29 is 4.74 Å². The van der Waals surface area contributed by atoms with E-state index in [0.717, 1.165) is 39.2 Å². The van der Waals surface area contributed by atoms with Crippen LogP contribution in [0.4, 0.5) is 0 Å². The van der Waals surface area contributed by atoms with E-state index < -0.39 is 0 Å². The van der Waals surface area contributed by atoms with Crippen LogP contribution in [0.5, 0.6) is 0 Å². The summed E-state index contributed by atoms with van der Waals surface area (Å²) in [4.78, 5) is 4.14. The highest BCUT2D eigenvalue weighted by Crippen LogP contribution is 2.23. The molecule has 2 heterocycles. The fourth-order valence-electron chi connectivity index (χ4n) is 2.38. The van der Waals surface area contributed by atoms with E-state index in [-0.39, 0.29) is 0 Å². The van der Waals surface area contributed by atoms with Crippen LogP contribution >= 0.6 is 11.3 Å².